The molecule has 0 aliphatic heterocycles. The maximum atomic E-state index is 5.85. The van der Waals surface area contributed by atoms with Crippen molar-refractivity contribution in [1.82, 2.24) is 19.9 Å². The Morgan fingerprint density at radius 2 is 1.35 bits per heavy atom. The van der Waals surface area contributed by atoms with E-state index in [9.17, 15) is 0 Å². The number of nitrogens with zero attached hydrogens (tertiary/aromatic N) is 2. The van der Waals surface area contributed by atoms with Gasteiger partial charge in [0.2, 0.25) is 0 Å². The van der Waals surface area contributed by atoms with Crippen molar-refractivity contribution in [3.05, 3.63) is 78.6 Å². The zero-order valence-corrected chi connectivity index (χ0v) is 13.9. The highest BCUT2D eigenvalue weighted by Crippen LogP contribution is 2.23. The molecule has 126 valence electrons. The summed E-state index contributed by atoms with van der Waals surface area (Å²) >= 11 is 0. The number of fused-ring (bicyclic) bond motifs is 2. The van der Waals surface area contributed by atoms with E-state index in [1.54, 1.807) is 0 Å². The van der Waals surface area contributed by atoms with Gasteiger partial charge in [0.1, 0.15) is 24.0 Å². The third-order valence-electron chi connectivity index (χ3n) is 4.33. The number of benzene rings is 3. The zero-order chi connectivity index (χ0) is 17.3. The molecular weight excluding hydrogens is 324 g/mol. The topological polar surface area (TPSA) is 66.6 Å². The van der Waals surface area contributed by atoms with E-state index in [2.05, 4.69) is 19.9 Å². The molecule has 0 saturated heterocycles. The molecule has 0 amide bonds. The smallest absolute Gasteiger partial charge is 0.146 e. The molecule has 2 aromatic heterocycles. The molecule has 26 heavy (non-hydrogen) atoms. The number of aromatic amines is 2. The first-order valence-electron chi connectivity index (χ1n) is 8.47. The second kappa shape index (κ2) is 6.04. The lowest BCUT2D eigenvalue weighted by Crippen LogP contribution is -1.97. The van der Waals surface area contributed by atoms with Crippen LogP contribution in [0.1, 0.15) is 5.82 Å². The van der Waals surface area contributed by atoms with Crippen LogP contribution in [0.5, 0.6) is 5.75 Å². The predicted molar refractivity (Wildman–Crippen MR) is 102 cm³/mol. The summed E-state index contributed by atoms with van der Waals surface area (Å²) in [5, 5.41) is 0. The summed E-state index contributed by atoms with van der Waals surface area (Å²) in [6.07, 6.45) is 0. The third-order valence-corrected chi connectivity index (χ3v) is 4.33. The summed E-state index contributed by atoms with van der Waals surface area (Å²) in [6.45, 7) is 0.401. The predicted octanol–water partition coefficient (Wildman–Crippen LogP) is 4.69. The Morgan fingerprint density at radius 1 is 0.692 bits per heavy atom. The molecule has 3 aromatic carbocycles. The number of aromatic nitrogens is 4. The first kappa shape index (κ1) is 14.7. The highest BCUT2D eigenvalue weighted by molar-refractivity contribution is 5.79. The first-order chi connectivity index (χ1) is 12.8. The highest BCUT2D eigenvalue weighted by Gasteiger charge is 2.06. The molecule has 5 nitrogen and oxygen atoms in total. The molecule has 0 saturated carbocycles. The number of para-hydroxylation sites is 4. The Bertz CT molecular complexity index is 1120. The van der Waals surface area contributed by atoms with Gasteiger partial charge in [0, 0.05) is 5.56 Å². The van der Waals surface area contributed by atoms with Crippen molar-refractivity contribution in [3.8, 4) is 17.1 Å². The van der Waals surface area contributed by atoms with Crippen molar-refractivity contribution >= 4 is 22.1 Å². The van der Waals surface area contributed by atoms with E-state index in [0.717, 1.165) is 45.0 Å². The molecule has 5 aromatic rings. The Morgan fingerprint density at radius 3 is 2.04 bits per heavy atom. The van der Waals surface area contributed by atoms with Gasteiger partial charge in [-0.3, -0.25) is 0 Å². The van der Waals surface area contributed by atoms with Gasteiger partial charge in [-0.2, -0.15) is 0 Å². The minimum atomic E-state index is 0.401. The Kier molecular flexibility index (Phi) is 3.42. The van der Waals surface area contributed by atoms with Gasteiger partial charge in [0.15, 0.2) is 0 Å². The number of rotatable bonds is 4. The summed E-state index contributed by atoms with van der Waals surface area (Å²) in [4.78, 5) is 15.7. The second-order valence-corrected chi connectivity index (χ2v) is 6.12. The average molecular weight is 340 g/mol. The summed E-state index contributed by atoms with van der Waals surface area (Å²) in [6, 6.07) is 23.9. The lowest BCUT2D eigenvalue weighted by atomic mass is 10.2. The molecule has 0 fully saturated rings. The van der Waals surface area contributed by atoms with Crippen LogP contribution < -0.4 is 4.74 Å². The maximum Gasteiger partial charge on any atom is 0.146 e. The van der Waals surface area contributed by atoms with Crippen LogP contribution in [-0.2, 0) is 6.61 Å². The van der Waals surface area contributed by atoms with Crippen LogP contribution in [0.25, 0.3) is 33.5 Å². The van der Waals surface area contributed by atoms with E-state index in [1.807, 2.05) is 72.8 Å². The molecule has 0 unspecified atom stereocenters. The number of H-pyrrole nitrogens is 2. The number of ether oxygens (including phenoxy) is 1. The van der Waals surface area contributed by atoms with Gasteiger partial charge in [-0.25, -0.2) is 9.97 Å². The Balaban J connectivity index is 1.33. The van der Waals surface area contributed by atoms with Gasteiger partial charge in [-0.05, 0) is 48.5 Å². The van der Waals surface area contributed by atoms with E-state index in [0.29, 0.717) is 6.61 Å². The van der Waals surface area contributed by atoms with Crippen LogP contribution in [0.2, 0.25) is 0 Å². The minimum absolute atomic E-state index is 0.401. The molecule has 0 aliphatic rings. The van der Waals surface area contributed by atoms with Gasteiger partial charge in [-0.1, -0.05) is 24.3 Å². The van der Waals surface area contributed by atoms with Gasteiger partial charge in [-0.15, -0.1) is 0 Å². The third kappa shape index (κ3) is 2.69. The van der Waals surface area contributed by atoms with Gasteiger partial charge in [0.25, 0.3) is 0 Å². The van der Waals surface area contributed by atoms with Crippen LogP contribution in [0.3, 0.4) is 0 Å². The summed E-state index contributed by atoms with van der Waals surface area (Å²) in [5.74, 6) is 2.47. The minimum Gasteiger partial charge on any atom is -0.486 e. The quantitative estimate of drug-likeness (QED) is 0.499. The number of nitrogens with one attached hydrogen (secondary N) is 2. The Labute approximate surface area is 149 Å². The monoisotopic (exact) mass is 340 g/mol. The summed E-state index contributed by atoms with van der Waals surface area (Å²) in [7, 11) is 0. The summed E-state index contributed by atoms with van der Waals surface area (Å²) in [5.41, 5.74) is 5.00. The van der Waals surface area contributed by atoms with E-state index in [-0.39, 0.29) is 0 Å². The average Bonchev–Trinajstić information content (AvgIpc) is 3.30. The largest absolute Gasteiger partial charge is 0.486 e. The first-order valence-corrected chi connectivity index (χ1v) is 8.47. The maximum absolute atomic E-state index is 5.85. The van der Waals surface area contributed by atoms with E-state index >= 15 is 0 Å². The SMILES string of the molecule is c1ccc2[nH]c(COc3ccc(-c4nc5ccccc5[nH]4)cc3)nc2c1. The normalized spacial score (nSPS) is 11.2. The number of imidazole rings is 2. The molecule has 0 bridgehead atoms. The van der Waals surface area contributed by atoms with E-state index < -0.39 is 0 Å². The van der Waals surface area contributed by atoms with Crippen molar-refractivity contribution in [1.29, 1.82) is 0 Å². The molecule has 5 heteroatoms. The van der Waals surface area contributed by atoms with Crippen LogP contribution in [-0.4, -0.2) is 19.9 Å². The fraction of sp³-hybridized carbons (Fsp3) is 0.0476. The van der Waals surface area contributed by atoms with Crippen LogP contribution in [0.4, 0.5) is 0 Å². The zero-order valence-electron chi connectivity index (χ0n) is 13.9. The fourth-order valence-corrected chi connectivity index (χ4v) is 3.02. The molecule has 2 N–H and O–H groups in total. The number of hydrogen-bond donors (Lipinski definition) is 2. The standard InChI is InChI=1S/C21H16N4O/c1-2-6-17-16(5-1)22-20(23-17)13-26-15-11-9-14(10-12-15)21-24-18-7-3-4-8-19(18)25-21/h1-12H,13H2,(H,22,23)(H,24,25). The van der Waals surface area contributed by atoms with E-state index in [1.165, 1.54) is 0 Å². The van der Waals surface area contributed by atoms with Crippen molar-refractivity contribution in [2.24, 2.45) is 0 Å². The van der Waals surface area contributed by atoms with Crippen molar-refractivity contribution < 1.29 is 4.74 Å². The second-order valence-electron chi connectivity index (χ2n) is 6.12. The molecule has 0 atom stereocenters. The van der Waals surface area contributed by atoms with Gasteiger partial charge in [0.05, 0.1) is 22.1 Å². The number of hydrogen-bond acceptors (Lipinski definition) is 3. The molecule has 0 radical (unpaired) electrons. The van der Waals surface area contributed by atoms with Gasteiger partial charge >= 0.3 is 0 Å². The van der Waals surface area contributed by atoms with E-state index in [4.69, 9.17) is 4.74 Å². The molecule has 5 rings (SSSR count). The van der Waals surface area contributed by atoms with Gasteiger partial charge < -0.3 is 14.7 Å². The molecule has 0 spiro atoms. The summed E-state index contributed by atoms with van der Waals surface area (Å²) < 4.78 is 5.85. The van der Waals surface area contributed by atoms with Crippen LogP contribution in [0, 0.1) is 0 Å². The molecule has 0 aliphatic carbocycles. The van der Waals surface area contributed by atoms with Crippen LogP contribution >= 0.6 is 0 Å². The molecule has 2 heterocycles. The van der Waals surface area contributed by atoms with Crippen molar-refractivity contribution in [2.75, 3.05) is 0 Å². The van der Waals surface area contributed by atoms with Crippen molar-refractivity contribution in [3.63, 3.8) is 0 Å². The Hall–Kier alpha value is -3.60. The van der Waals surface area contributed by atoms with Crippen LogP contribution in [0.15, 0.2) is 72.8 Å². The lowest BCUT2D eigenvalue weighted by molar-refractivity contribution is 0.297. The highest BCUT2D eigenvalue weighted by atomic mass is 16.5. The van der Waals surface area contributed by atoms with Crippen molar-refractivity contribution in [2.45, 2.75) is 6.61 Å². The lowest BCUT2D eigenvalue weighted by Gasteiger charge is -2.04. The molecular formula is C21H16N4O. The fourth-order valence-electron chi connectivity index (χ4n) is 3.02.